The lowest BCUT2D eigenvalue weighted by atomic mass is 9.84. The number of aromatic nitrogens is 1. The van der Waals surface area contributed by atoms with Crippen LogP contribution in [0.2, 0.25) is 0 Å². The van der Waals surface area contributed by atoms with Gasteiger partial charge < -0.3 is 9.67 Å². The zero-order chi connectivity index (χ0) is 16.8. The zero-order valence-corrected chi connectivity index (χ0v) is 15.5. The van der Waals surface area contributed by atoms with Crippen molar-refractivity contribution in [3.63, 3.8) is 0 Å². The zero-order valence-electron chi connectivity index (χ0n) is 13.9. The number of aromatic hydroxyl groups is 1. The van der Waals surface area contributed by atoms with Crippen LogP contribution in [0.1, 0.15) is 37.5 Å². The average Bonchev–Trinajstić information content (AvgIpc) is 2.78. The van der Waals surface area contributed by atoms with Gasteiger partial charge in [-0.1, -0.05) is 39.0 Å². The Morgan fingerprint density at radius 3 is 2.57 bits per heavy atom. The van der Waals surface area contributed by atoms with Crippen molar-refractivity contribution < 1.29 is 5.11 Å². The number of benzene rings is 2. The summed E-state index contributed by atoms with van der Waals surface area (Å²) in [5, 5.41) is 10.4. The van der Waals surface area contributed by atoms with Gasteiger partial charge in [-0.15, -0.1) is 11.3 Å². The second kappa shape index (κ2) is 5.77. The van der Waals surface area contributed by atoms with E-state index in [0.29, 0.717) is 5.75 Å². The molecule has 0 fully saturated rings. The van der Waals surface area contributed by atoms with E-state index in [9.17, 15) is 5.11 Å². The third-order valence-electron chi connectivity index (χ3n) is 4.08. The number of fused-ring (bicyclic) bond motifs is 1. The largest absolute Gasteiger partial charge is 0.507 e. The van der Waals surface area contributed by atoms with Crippen molar-refractivity contribution in [2.75, 3.05) is 0 Å². The smallest absolute Gasteiger partial charge is 0.162 e. The molecule has 1 aromatic heterocycles. The number of rotatable bonds is 2. The summed E-state index contributed by atoms with van der Waals surface area (Å²) in [7, 11) is 0. The molecule has 3 rings (SSSR count). The molecule has 0 amide bonds. The van der Waals surface area contributed by atoms with E-state index in [-0.39, 0.29) is 5.41 Å². The molecule has 1 heterocycles. The molecule has 0 atom stereocenters. The lowest BCUT2D eigenvalue weighted by Crippen LogP contribution is -2.13. The van der Waals surface area contributed by atoms with E-state index in [2.05, 4.69) is 49.6 Å². The molecule has 0 spiro atoms. The Hall–Kier alpha value is -1.65. The number of phenolic OH excluding ortho intramolecular Hbond substituents is 1. The van der Waals surface area contributed by atoms with Crippen LogP contribution in [0.25, 0.3) is 10.2 Å². The molecular weight excluding hydrogens is 322 g/mol. The lowest BCUT2D eigenvalue weighted by Gasteiger charge is -2.23. The van der Waals surface area contributed by atoms with Gasteiger partial charge in [-0.25, -0.2) is 0 Å². The van der Waals surface area contributed by atoms with Crippen molar-refractivity contribution in [3.8, 4) is 5.75 Å². The van der Waals surface area contributed by atoms with Crippen LogP contribution < -0.4 is 0 Å². The molecule has 23 heavy (non-hydrogen) atoms. The molecular formula is C19H21NOS2. The first-order chi connectivity index (χ1) is 10.8. The summed E-state index contributed by atoms with van der Waals surface area (Å²) in [5.74, 6) is 0.403. The summed E-state index contributed by atoms with van der Waals surface area (Å²) in [6.07, 6.45) is 0. The predicted molar refractivity (Wildman–Crippen MR) is 101 cm³/mol. The fraction of sp³-hybridized carbons (Fsp3) is 0.316. The first-order valence-electron chi connectivity index (χ1n) is 7.69. The van der Waals surface area contributed by atoms with Crippen LogP contribution in [0.15, 0.2) is 36.4 Å². The van der Waals surface area contributed by atoms with Gasteiger partial charge in [0, 0.05) is 6.54 Å². The number of phenols is 1. The summed E-state index contributed by atoms with van der Waals surface area (Å²) in [6, 6.07) is 12.5. The van der Waals surface area contributed by atoms with Crippen LogP contribution in [0.3, 0.4) is 0 Å². The minimum Gasteiger partial charge on any atom is -0.507 e. The topological polar surface area (TPSA) is 25.2 Å². The second-order valence-corrected chi connectivity index (χ2v) is 8.66. The van der Waals surface area contributed by atoms with Crippen molar-refractivity contribution in [1.29, 1.82) is 0 Å². The van der Waals surface area contributed by atoms with E-state index < -0.39 is 0 Å². The van der Waals surface area contributed by atoms with Gasteiger partial charge in [0.1, 0.15) is 5.75 Å². The Kier molecular flexibility index (Phi) is 4.07. The maximum Gasteiger partial charge on any atom is 0.162 e. The number of hydrogen-bond donors (Lipinski definition) is 1. The van der Waals surface area contributed by atoms with Crippen molar-refractivity contribution in [2.24, 2.45) is 0 Å². The molecule has 0 bridgehead atoms. The van der Waals surface area contributed by atoms with Crippen molar-refractivity contribution in [1.82, 2.24) is 4.57 Å². The van der Waals surface area contributed by atoms with Gasteiger partial charge in [-0.05, 0) is 59.4 Å². The van der Waals surface area contributed by atoms with Gasteiger partial charge in [-0.2, -0.15) is 0 Å². The first kappa shape index (κ1) is 16.2. The summed E-state index contributed by atoms with van der Waals surface area (Å²) in [5.41, 5.74) is 4.15. The molecule has 0 saturated heterocycles. The molecule has 2 nitrogen and oxygen atoms in total. The Bertz CT molecular complexity index is 929. The SMILES string of the molecule is Cc1cc(Cn2c(=S)sc3ccccc32)cc(C(C)(C)C)c1O. The maximum atomic E-state index is 10.4. The first-order valence-corrected chi connectivity index (χ1v) is 8.91. The highest BCUT2D eigenvalue weighted by atomic mass is 32.1. The highest BCUT2D eigenvalue weighted by Gasteiger charge is 2.20. The van der Waals surface area contributed by atoms with Crippen LogP contribution in [-0.4, -0.2) is 9.67 Å². The van der Waals surface area contributed by atoms with E-state index in [0.717, 1.165) is 21.6 Å². The maximum absolute atomic E-state index is 10.4. The highest BCUT2D eigenvalue weighted by Crippen LogP contribution is 2.34. The minimum atomic E-state index is -0.0942. The molecule has 2 aromatic carbocycles. The standard InChI is InChI=1S/C19H21NOS2/c1-12-9-13(10-14(17(12)21)19(2,3)4)11-20-15-7-5-6-8-16(15)23-18(20)22/h5-10,21H,11H2,1-4H3. The molecule has 4 heteroatoms. The molecule has 120 valence electrons. The normalized spacial score (nSPS) is 12.0. The number of aryl methyl sites for hydroxylation is 1. The number of thiazole rings is 1. The number of hydrogen-bond acceptors (Lipinski definition) is 3. The minimum absolute atomic E-state index is 0.0942. The van der Waals surface area contributed by atoms with Gasteiger partial charge in [0.25, 0.3) is 0 Å². The van der Waals surface area contributed by atoms with Crippen molar-refractivity contribution >= 4 is 33.8 Å². The lowest BCUT2D eigenvalue weighted by molar-refractivity contribution is 0.442. The van der Waals surface area contributed by atoms with Gasteiger partial charge in [0.2, 0.25) is 0 Å². The summed E-state index contributed by atoms with van der Waals surface area (Å²) in [4.78, 5) is 0. The summed E-state index contributed by atoms with van der Waals surface area (Å²) in [6.45, 7) is 9.05. The fourth-order valence-corrected chi connectivity index (χ4v) is 4.19. The molecule has 0 aliphatic rings. The quantitative estimate of drug-likeness (QED) is 0.596. The van der Waals surface area contributed by atoms with Gasteiger partial charge in [-0.3, -0.25) is 0 Å². The average molecular weight is 344 g/mol. The van der Waals surface area contributed by atoms with E-state index in [1.807, 2.05) is 19.1 Å². The van der Waals surface area contributed by atoms with Gasteiger partial charge in [0.15, 0.2) is 3.95 Å². The van der Waals surface area contributed by atoms with Crippen LogP contribution in [0.5, 0.6) is 5.75 Å². The molecule has 0 unspecified atom stereocenters. The molecule has 0 radical (unpaired) electrons. The summed E-state index contributed by atoms with van der Waals surface area (Å²) >= 11 is 7.19. The third kappa shape index (κ3) is 3.06. The summed E-state index contributed by atoms with van der Waals surface area (Å²) < 4.78 is 4.27. The van der Waals surface area contributed by atoms with Crippen LogP contribution in [0.4, 0.5) is 0 Å². The van der Waals surface area contributed by atoms with E-state index in [4.69, 9.17) is 12.2 Å². The van der Waals surface area contributed by atoms with Crippen molar-refractivity contribution in [3.05, 3.63) is 57.0 Å². The Balaban J connectivity index is 2.11. The highest BCUT2D eigenvalue weighted by molar-refractivity contribution is 7.73. The van der Waals surface area contributed by atoms with Gasteiger partial charge in [0.05, 0.1) is 10.2 Å². The predicted octanol–water partition coefficient (Wildman–Crippen LogP) is 5.79. The number of nitrogens with zero attached hydrogens (tertiary/aromatic N) is 1. The monoisotopic (exact) mass is 343 g/mol. The molecule has 0 aliphatic heterocycles. The van der Waals surface area contributed by atoms with E-state index in [1.165, 1.54) is 15.8 Å². The second-order valence-electron chi connectivity index (χ2n) is 6.98. The molecule has 1 N–H and O–H groups in total. The third-order valence-corrected chi connectivity index (χ3v) is 5.51. The molecule has 0 aliphatic carbocycles. The molecule has 3 aromatic rings. The Morgan fingerprint density at radius 2 is 1.87 bits per heavy atom. The molecule has 0 saturated carbocycles. The Morgan fingerprint density at radius 1 is 1.17 bits per heavy atom. The van der Waals surface area contributed by atoms with Crippen LogP contribution in [0, 0.1) is 10.9 Å². The van der Waals surface area contributed by atoms with Crippen LogP contribution in [-0.2, 0) is 12.0 Å². The van der Waals surface area contributed by atoms with Crippen LogP contribution >= 0.6 is 23.6 Å². The van der Waals surface area contributed by atoms with Crippen molar-refractivity contribution in [2.45, 2.75) is 39.7 Å². The van der Waals surface area contributed by atoms with Gasteiger partial charge >= 0.3 is 0 Å². The fourth-order valence-electron chi connectivity index (χ4n) is 2.86. The van der Waals surface area contributed by atoms with E-state index in [1.54, 1.807) is 11.3 Å². The Labute approximate surface area is 146 Å². The number of para-hydroxylation sites is 1. The van der Waals surface area contributed by atoms with E-state index >= 15 is 0 Å².